The van der Waals surface area contributed by atoms with Gasteiger partial charge in [0, 0.05) is 18.5 Å². The van der Waals surface area contributed by atoms with E-state index >= 15 is 0 Å². The highest BCUT2D eigenvalue weighted by molar-refractivity contribution is 5.75. The third-order valence-corrected chi connectivity index (χ3v) is 4.07. The van der Waals surface area contributed by atoms with Crippen LogP contribution >= 0.6 is 0 Å². The molecule has 2 nitrogen and oxygen atoms in total. The third kappa shape index (κ3) is 2.97. The first-order valence-electron chi connectivity index (χ1n) is 7.26. The minimum absolute atomic E-state index is 0.0748. The van der Waals surface area contributed by atoms with Crippen LogP contribution in [0.3, 0.4) is 0 Å². The highest BCUT2D eigenvalue weighted by Gasteiger charge is 2.28. The summed E-state index contributed by atoms with van der Waals surface area (Å²) in [5.41, 5.74) is 3.15. The van der Waals surface area contributed by atoms with Gasteiger partial charge in [-0.2, -0.15) is 0 Å². The summed E-state index contributed by atoms with van der Waals surface area (Å²) in [5.74, 6) is 0.282. The first-order chi connectivity index (χ1) is 10.1. The summed E-state index contributed by atoms with van der Waals surface area (Å²) in [7, 11) is 0. The van der Waals surface area contributed by atoms with E-state index in [1.165, 1.54) is 24.6 Å². The fourth-order valence-corrected chi connectivity index (χ4v) is 3.16. The molecule has 0 aliphatic heterocycles. The van der Waals surface area contributed by atoms with Crippen LogP contribution in [0.15, 0.2) is 59.8 Å². The number of halogens is 1. The molecule has 1 N–H and O–H groups in total. The molecule has 0 saturated carbocycles. The van der Waals surface area contributed by atoms with Crippen LogP contribution in [0.4, 0.5) is 4.39 Å². The standard InChI is InChI=1S/C18H18FNO/c1-12(21)20-16-10-14-4-2-3-5-17(14)18(11-16)13-6-8-15(19)9-7-13/h2,4,6-11,17-18H,3,5H2,1H3,(H,20,21). The Morgan fingerprint density at radius 1 is 1.29 bits per heavy atom. The Hall–Kier alpha value is -2.16. The fourth-order valence-electron chi connectivity index (χ4n) is 3.16. The molecule has 0 fully saturated rings. The second-order valence-corrected chi connectivity index (χ2v) is 5.61. The van der Waals surface area contributed by atoms with E-state index in [9.17, 15) is 9.18 Å². The van der Waals surface area contributed by atoms with E-state index in [4.69, 9.17) is 0 Å². The number of allylic oxidation sites excluding steroid dienone is 5. The number of nitrogens with one attached hydrogen (secondary N) is 1. The number of carbonyl (C=O) groups excluding carboxylic acids is 1. The largest absolute Gasteiger partial charge is 0.327 e. The maximum atomic E-state index is 13.1. The molecule has 2 unspecified atom stereocenters. The fraction of sp³-hybridized carbons (Fsp3) is 0.278. The smallest absolute Gasteiger partial charge is 0.221 e. The lowest BCUT2D eigenvalue weighted by atomic mass is 9.73. The van der Waals surface area contributed by atoms with E-state index in [2.05, 4.69) is 23.5 Å². The van der Waals surface area contributed by atoms with Crippen molar-refractivity contribution in [2.24, 2.45) is 5.92 Å². The Kier molecular flexibility index (Phi) is 3.74. The van der Waals surface area contributed by atoms with Crippen molar-refractivity contribution in [1.29, 1.82) is 0 Å². The predicted octanol–water partition coefficient (Wildman–Crippen LogP) is 3.84. The van der Waals surface area contributed by atoms with Crippen LogP contribution < -0.4 is 5.32 Å². The molecule has 0 saturated heterocycles. The van der Waals surface area contributed by atoms with Crippen molar-refractivity contribution >= 4 is 5.91 Å². The summed E-state index contributed by atoms with van der Waals surface area (Å²) in [6, 6.07) is 6.67. The molecule has 1 aromatic rings. The van der Waals surface area contributed by atoms with Gasteiger partial charge in [-0.3, -0.25) is 4.79 Å². The number of fused-ring (bicyclic) bond motifs is 1. The second kappa shape index (κ2) is 5.68. The zero-order valence-corrected chi connectivity index (χ0v) is 12.0. The number of rotatable bonds is 2. The Morgan fingerprint density at radius 3 is 2.76 bits per heavy atom. The topological polar surface area (TPSA) is 29.1 Å². The van der Waals surface area contributed by atoms with Gasteiger partial charge in [-0.05, 0) is 48.1 Å². The van der Waals surface area contributed by atoms with Crippen LogP contribution in [-0.4, -0.2) is 5.91 Å². The van der Waals surface area contributed by atoms with Crippen molar-refractivity contribution in [2.45, 2.75) is 25.7 Å². The van der Waals surface area contributed by atoms with Crippen molar-refractivity contribution in [3.8, 4) is 0 Å². The molecule has 2 atom stereocenters. The highest BCUT2D eigenvalue weighted by Crippen LogP contribution is 2.41. The molecule has 0 bridgehead atoms. The van der Waals surface area contributed by atoms with Crippen LogP contribution in [0.1, 0.15) is 31.2 Å². The van der Waals surface area contributed by atoms with Crippen LogP contribution in [0.25, 0.3) is 0 Å². The molecular weight excluding hydrogens is 265 g/mol. The minimum Gasteiger partial charge on any atom is -0.327 e. The van der Waals surface area contributed by atoms with Crippen molar-refractivity contribution in [2.75, 3.05) is 0 Å². The number of amides is 1. The molecule has 0 spiro atoms. The lowest BCUT2D eigenvalue weighted by molar-refractivity contribution is -0.118. The second-order valence-electron chi connectivity index (χ2n) is 5.61. The average molecular weight is 283 g/mol. The van der Waals surface area contributed by atoms with Gasteiger partial charge < -0.3 is 5.32 Å². The maximum Gasteiger partial charge on any atom is 0.221 e. The lowest BCUT2D eigenvalue weighted by Gasteiger charge is -2.32. The van der Waals surface area contributed by atoms with Crippen molar-refractivity contribution in [3.63, 3.8) is 0 Å². The predicted molar refractivity (Wildman–Crippen MR) is 81.0 cm³/mol. The highest BCUT2D eigenvalue weighted by atomic mass is 19.1. The molecule has 108 valence electrons. The molecule has 0 radical (unpaired) electrons. The van der Waals surface area contributed by atoms with E-state index in [-0.39, 0.29) is 17.6 Å². The number of hydrogen-bond donors (Lipinski definition) is 1. The van der Waals surface area contributed by atoms with Gasteiger partial charge in [-0.15, -0.1) is 0 Å². The molecule has 2 aliphatic carbocycles. The molecule has 0 aromatic heterocycles. The molecule has 3 heteroatoms. The van der Waals surface area contributed by atoms with Crippen LogP contribution in [0.5, 0.6) is 0 Å². The molecule has 2 aliphatic rings. The number of benzene rings is 1. The molecule has 1 aromatic carbocycles. The third-order valence-electron chi connectivity index (χ3n) is 4.07. The zero-order valence-electron chi connectivity index (χ0n) is 12.0. The molecule has 3 rings (SSSR count). The van der Waals surface area contributed by atoms with Gasteiger partial charge in [-0.1, -0.05) is 30.4 Å². The van der Waals surface area contributed by atoms with Gasteiger partial charge in [0.05, 0.1) is 0 Å². The normalized spacial score (nSPS) is 23.9. The van der Waals surface area contributed by atoms with E-state index in [0.29, 0.717) is 5.92 Å². The van der Waals surface area contributed by atoms with E-state index in [1.807, 2.05) is 18.2 Å². The molecular formula is C18H18FNO. The average Bonchev–Trinajstić information content (AvgIpc) is 2.46. The SMILES string of the molecule is CC(=O)NC1=CC(c2ccc(F)cc2)C2CCC=CC2=C1. The number of hydrogen-bond acceptors (Lipinski definition) is 1. The Morgan fingerprint density at radius 2 is 2.05 bits per heavy atom. The quantitative estimate of drug-likeness (QED) is 0.878. The van der Waals surface area contributed by atoms with E-state index < -0.39 is 0 Å². The Labute approximate surface area is 124 Å². The zero-order chi connectivity index (χ0) is 14.8. The Balaban J connectivity index is 1.98. The first kappa shape index (κ1) is 13.8. The van der Waals surface area contributed by atoms with Crippen molar-refractivity contribution < 1.29 is 9.18 Å². The van der Waals surface area contributed by atoms with Crippen LogP contribution in [-0.2, 0) is 4.79 Å². The molecule has 0 heterocycles. The summed E-state index contributed by atoms with van der Waals surface area (Å²) in [6.07, 6.45) is 10.6. The van der Waals surface area contributed by atoms with Gasteiger partial charge in [-0.25, -0.2) is 4.39 Å². The summed E-state index contributed by atoms with van der Waals surface area (Å²) < 4.78 is 13.1. The monoisotopic (exact) mass is 283 g/mol. The van der Waals surface area contributed by atoms with Crippen LogP contribution in [0.2, 0.25) is 0 Å². The van der Waals surface area contributed by atoms with Crippen molar-refractivity contribution in [3.05, 3.63) is 71.2 Å². The molecule has 1 amide bonds. The van der Waals surface area contributed by atoms with Gasteiger partial charge in [0.1, 0.15) is 5.82 Å². The van der Waals surface area contributed by atoms with Gasteiger partial charge >= 0.3 is 0 Å². The maximum absolute atomic E-state index is 13.1. The van der Waals surface area contributed by atoms with Gasteiger partial charge in [0.15, 0.2) is 0 Å². The summed E-state index contributed by atoms with van der Waals surface area (Å²) in [6.45, 7) is 1.51. The van der Waals surface area contributed by atoms with Crippen LogP contribution in [0, 0.1) is 11.7 Å². The molecule has 21 heavy (non-hydrogen) atoms. The summed E-state index contributed by atoms with van der Waals surface area (Å²) >= 11 is 0. The lowest BCUT2D eigenvalue weighted by Crippen LogP contribution is -2.25. The van der Waals surface area contributed by atoms with Gasteiger partial charge in [0.25, 0.3) is 0 Å². The van der Waals surface area contributed by atoms with Crippen molar-refractivity contribution in [1.82, 2.24) is 5.32 Å². The Bertz CT molecular complexity index is 640. The minimum atomic E-state index is -0.222. The summed E-state index contributed by atoms with van der Waals surface area (Å²) in [5, 5.41) is 2.86. The van der Waals surface area contributed by atoms with Gasteiger partial charge in [0.2, 0.25) is 5.91 Å². The summed E-state index contributed by atoms with van der Waals surface area (Å²) in [4.78, 5) is 11.3. The number of carbonyl (C=O) groups is 1. The first-order valence-corrected chi connectivity index (χ1v) is 7.26. The van der Waals surface area contributed by atoms with E-state index in [1.54, 1.807) is 0 Å². The van der Waals surface area contributed by atoms with E-state index in [0.717, 1.165) is 24.1 Å².